The number of fused-ring (bicyclic) bond motifs is 8. The van der Waals surface area contributed by atoms with Gasteiger partial charge in [-0.15, -0.1) is 0 Å². The molecule has 108 heavy (non-hydrogen) atoms. The van der Waals surface area contributed by atoms with Crippen LogP contribution in [0.3, 0.4) is 0 Å². The van der Waals surface area contributed by atoms with Gasteiger partial charge in [0.05, 0.1) is 42.4 Å². The average molecular weight is 1520 g/mol. The fourth-order valence-electron chi connectivity index (χ4n) is 12.8. The van der Waals surface area contributed by atoms with Crippen molar-refractivity contribution in [3.8, 4) is 44.5 Å². The van der Waals surface area contributed by atoms with Gasteiger partial charge < -0.3 is 30.4 Å². The molecule has 3 aromatic heterocycles. The molecule has 24 nitrogen and oxygen atoms in total. The number of H-pyrrole nitrogens is 2. The van der Waals surface area contributed by atoms with E-state index in [1.165, 1.54) is 97.1 Å². The number of carboxylic acid groups (broad SMARTS) is 4. The third-order valence-corrected chi connectivity index (χ3v) is 24.0. The van der Waals surface area contributed by atoms with Gasteiger partial charge in [0, 0.05) is 44.3 Å². The number of carbonyl (C=O) groups is 4. The zero-order chi connectivity index (χ0) is 76.1. The lowest BCUT2D eigenvalue weighted by molar-refractivity contribution is -0.139. The molecule has 546 valence electrons. The Morgan fingerprint density at radius 3 is 0.639 bits per heavy atom. The number of aromatic nitrogens is 4. The highest BCUT2D eigenvalue weighted by Gasteiger charge is 2.32. The molecule has 0 aliphatic carbocycles. The van der Waals surface area contributed by atoms with Crippen LogP contribution in [0.25, 0.3) is 90.9 Å². The fourth-order valence-corrected chi connectivity index (χ4v) is 17.5. The molecular formula is C80H66N8O16S4. The first-order valence-corrected chi connectivity index (χ1v) is 39.4. The smallest absolute Gasteiger partial charge is 0.322 e. The molecule has 0 spiro atoms. The van der Waals surface area contributed by atoms with Gasteiger partial charge in [0.25, 0.3) is 0 Å². The number of carboxylic acids is 4. The maximum atomic E-state index is 14.1. The minimum absolute atomic E-state index is 0.157. The second kappa shape index (κ2) is 31.1. The Bertz CT molecular complexity index is 5280. The summed E-state index contributed by atoms with van der Waals surface area (Å²) in [5, 5.41) is 40.9. The number of benzene rings is 8. The van der Waals surface area contributed by atoms with E-state index in [0.29, 0.717) is 112 Å². The lowest BCUT2D eigenvalue weighted by Crippen LogP contribution is -2.42. The summed E-state index contributed by atoms with van der Waals surface area (Å²) in [6, 6.07) is 57.6. The predicted octanol–water partition coefficient (Wildman–Crippen LogP) is 11.2. The molecule has 28 heteroatoms. The van der Waals surface area contributed by atoms with Crippen molar-refractivity contribution in [2.24, 2.45) is 0 Å². The molecule has 0 saturated carbocycles. The number of nitrogens with one attached hydrogen (secondary N) is 6. The summed E-state index contributed by atoms with van der Waals surface area (Å²) in [5.41, 5.74) is 8.24. The summed E-state index contributed by atoms with van der Waals surface area (Å²) in [6.45, 7) is 0. The third kappa shape index (κ3) is 16.8. The van der Waals surface area contributed by atoms with Gasteiger partial charge in [0.2, 0.25) is 40.1 Å². The monoisotopic (exact) mass is 1520 g/mol. The summed E-state index contributed by atoms with van der Waals surface area (Å²) in [6.07, 6.45) is 6.21. The minimum atomic E-state index is -4.50. The Morgan fingerprint density at radius 2 is 0.463 bits per heavy atom. The van der Waals surface area contributed by atoms with Crippen molar-refractivity contribution in [3.63, 3.8) is 0 Å². The van der Waals surface area contributed by atoms with E-state index in [1.54, 1.807) is 170 Å². The molecule has 0 radical (unpaired) electrons. The van der Waals surface area contributed by atoms with Gasteiger partial charge >= 0.3 is 23.9 Å². The van der Waals surface area contributed by atoms with Crippen molar-refractivity contribution in [1.82, 2.24) is 38.8 Å². The van der Waals surface area contributed by atoms with E-state index in [2.05, 4.69) is 28.9 Å². The quantitative estimate of drug-likeness (QED) is 0.0218. The number of nitrogens with zero attached hydrogens (tertiary/aromatic N) is 2. The molecular weight excluding hydrogens is 1460 g/mol. The Balaban J connectivity index is 0.998. The summed E-state index contributed by atoms with van der Waals surface area (Å²) in [5.74, 6) is -5.60. The summed E-state index contributed by atoms with van der Waals surface area (Å²) >= 11 is 0. The van der Waals surface area contributed by atoms with Crippen LogP contribution in [-0.4, -0.2) is 122 Å². The van der Waals surface area contributed by atoms with E-state index in [-0.39, 0.29) is 45.3 Å². The normalized spacial score (nSPS) is 13.5. The van der Waals surface area contributed by atoms with Crippen LogP contribution >= 0.6 is 0 Å². The van der Waals surface area contributed by atoms with Crippen LogP contribution in [0.1, 0.15) is 45.0 Å². The highest BCUT2D eigenvalue weighted by atomic mass is 32.2. The maximum Gasteiger partial charge on any atom is 0.322 e. The summed E-state index contributed by atoms with van der Waals surface area (Å²) in [4.78, 5) is 66.8. The molecule has 2 aliphatic rings. The first kappa shape index (κ1) is 74.2. The molecule has 10 N–H and O–H groups in total. The first-order chi connectivity index (χ1) is 51.7. The maximum absolute atomic E-state index is 14.1. The van der Waals surface area contributed by atoms with E-state index in [1.807, 2.05) is 0 Å². The van der Waals surface area contributed by atoms with Crippen molar-refractivity contribution >= 4 is 110 Å². The topological polar surface area (TPSA) is 391 Å². The van der Waals surface area contributed by atoms with Crippen molar-refractivity contribution < 1.29 is 73.3 Å². The number of hydrogen-bond acceptors (Lipinski definition) is 14. The van der Waals surface area contributed by atoms with Crippen LogP contribution in [0, 0.1) is 0 Å². The van der Waals surface area contributed by atoms with E-state index >= 15 is 0 Å². The van der Waals surface area contributed by atoms with Crippen LogP contribution in [0.15, 0.2) is 262 Å². The molecule has 5 heterocycles. The lowest BCUT2D eigenvalue weighted by Gasteiger charge is -2.15. The van der Waals surface area contributed by atoms with Gasteiger partial charge in [-0.05, 0) is 167 Å². The van der Waals surface area contributed by atoms with Crippen LogP contribution in [0.4, 0.5) is 0 Å². The molecule has 2 aliphatic heterocycles. The molecule has 0 unspecified atom stereocenters. The fraction of sp³-hybridized carbons (Fsp3) is 0.100. The standard InChI is InChI=1S/C80H66N8O16S4/c89-77(90)69(45-49-13-5-1-6-14-49)85-105(97,98)57-29-21-53(22-30-57)73-61-37-39-63(81-61)74(54-23-31-58(32-24-54)106(99,100)86-70(78(91)92)46-50-15-7-2-8-16-50)65-41-43-67(83-65)76(56-27-35-60(36-28-56)108(103,104)88-72(80(95)96)48-52-19-11-4-12-20-52)68-44-42-66(84-68)75(64-40-38-62(73)82-64)55-25-33-59(34-26-55)107(101,102)87-71(79(93)94)47-51-17-9-3-10-18-51/h1-44,69-72,81,84-88H,45-48H2,(H,89,90)(H,91,92)(H,93,94)(H,95,96)/t69-,70-,71-,72-/m0/s1. The molecule has 0 saturated heterocycles. The summed E-state index contributed by atoms with van der Waals surface area (Å²) in [7, 11) is -18.0. The second-order valence-corrected chi connectivity index (χ2v) is 32.3. The van der Waals surface area contributed by atoms with Crippen molar-refractivity contribution in [2.75, 3.05) is 0 Å². The number of rotatable bonds is 28. The highest BCUT2D eigenvalue weighted by Crippen LogP contribution is 2.40. The van der Waals surface area contributed by atoms with Crippen molar-refractivity contribution in [1.29, 1.82) is 0 Å². The van der Waals surface area contributed by atoms with Gasteiger partial charge in [-0.1, -0.05) is 170 Å². The number of sulfonamides is 4. The van der Waals surface area contributed by atoms with Gasteiger partial charge in [0.1, 0.15) is 24.2 Å². The molecule has 8 bridgehead atoms. The number of aliphatic carboxylic acids is 4. The Labute approximate surface area is 620 Å². The predicted molar refractivity (Wildman–Crippen MR) is 408 cm³/mol. The molecule has 0 amide bonds. The van der Waals surface area contributed by atoms with Gasteiger partial charge in [-0.2, -0.15) is 18.9 Å². The summed E-state index contributed by atoms with van der Waals surface area (Å²) < 4.78 is 122. The number of hydrogen-bond donors (Lipinski definition) is 10. The lowest BCUT2D eigenvalue weighted by atomic mass is 10.0. The van der Waals surface area contributed by atoms with E-state index in [0.717, 1.165) is 0 Å². The van der Waals surface area contributed by atoms with Crippen molar-refractivity contribution in [3.05, 3.63) is 288 Å². The van der Waals surface area contributed by atoms with E-state index in [9.17, 15) is 73.3 Å². The zero-order valence-electron chi connectivity index (χ0n) is 56.8. The minimum Gasteiger partial charge on any atom is -0.480 e. The largest absolute Gasteiger partial charge is 0.480 e. The first-order valence-electron chi connectivity index (χ1n) is 33.5. The third-order valence-electron chi connectivity index (χ3n) is 18.1. The Hall–Kier alpha value is -12.1. The van der Waals surface area contributed by atoms with Crippen LogP contribution in [0.2, 0.25) is 0 Å². The van der Waals surface area contributed by atoms with Crippen LogP contribution < -0.4 is 18.9 Å². The second-order valence-electron chi connectivity index (χ2n) is 25.4. The van der Waals surface area contributed by atoms with E-state index in [4.69, 9.17) is 9.97 Å². The van der Waals surface area contributed by atoms with Crippen LogP contribution in [0.5, 0.6) is 0 Å². The Kier molecular flexibility index (Phi) is 21.4. The highest BCUT2D eigenvalue weighted by molar-refractivity contribution is 7.90. The zero-order valence-corrected chi connectivity index (χ0v) is 60.0. The average Bonchev–Trinajstić information content (AvgIpc) is 1.59. The van der Waals surface area contributed by atoms with Crippen LogP contribution in [-0.2, 0) is 85.0 Å². The number of aromatic amines is 2. The molecule has 0 fully saturated rings. The Morgan fingerprint density at radius 1 is 0.278 bits per heavy atom. The van der Waals surface area contributed by atoms with Gasteiger partial charge in [-0.3, -0.25) is 19.2 Å². The molecule has 11 aromatic rings. The molecule has 4 atom stereocenters. The molecule has 8 aromatic carbocycles. The van der Waals surface area contributed by atoms with Gasteiger partial charge in [-0.25, -0.2) is 43.6 Å². The van der Waals surface area contributed by atoms with E-state index < -0.39 is 88.1 Å². The van der Waals surface area contributed by atoms with Crippen molar-refractivity contribution in [2.45, 2.75) is 69.4 Å². The SMILES string of the molecule is O=C(O)[C@H](Cc1ccccc1)NS(=O)(=O)c1ccc(-c2c3nc(c(-c4ccc(S(=O)(=O)N[C@@H](Cc5ccccc5)C(=O)O)cc4)c4ccc([nH]4)c(-c4ccc(S(=O)(=O)N[C@@H](Cc5ccccc5)C(=O)O)cc4)c4nc(c(-c5ccc(S(=O)(=O)N[C@@H](Cc6ccccc6)C(=O)O)cc5)c5ccc2[nH]5)C=C4)C=C3)cc1. The van der Waals surface area contributed by atoms with Gasteiger partial charge in [0.15, 0.2) is 0 Å². The molecule has 13 rings (SSSR count).